The van der Waals surface area contributed by atoms with Gasteiger partial charge in [-0.05, 0) is 24.6 Å². The third-order valence-electron chi connectivity index (χ3n) is 2.38. The Bertz CT molecular complexity index is 465. The molecule has 0 saturated carbocycles. The number of carbonyl (C=O) groups excluding carboxylic acids is 2. The van der Waals surface area contributed by atoms with Gasteiger partial charge in [0.1, 0.15) is 11.9 Å². The lowest BCUT2D eigenvalue weighted by Crippen LogP contribution is -2.41. The maximum Gasteiger partial charge on any atom is 0.328 e. The number of esters is 1. The van der Waals surface area contributed by atoms with Crippen LogP contribution >= 0.6 is 11.6 Å². The molecule has 0 fully saturated rings. The molecule has 0 radical (unpaired) electrons. The molecule has 1 amide bonds. The van der Waals surface area contributed by atoms with Gasteiger partial charge < -0.3 is 10.1 Å². The van der Waals surface area contributed by atoms with Gasteiger partial charge in [0.15, 0.2) is 0 Å². The second-order valence-electron chi connectivity index (χ2n) is 3.59. The number of methoxy groups -OCH3 is 1. The Morgan fingerprint density at radius 1 is 1.50 bits per heavy atom. The molecular weight excluding hydrogens is 261 g/mol. The van der Waals surface area contributed by atoms with Crippen LogP contribution in [-0.2, 0) is 9.53 Å². The van der Waals surface area contributed by atoms with Crippen LogP contribution in [0.4, 0.5) is 4.39 Å². The fourth-order valence-electron chi connectivity index (χ4n) is 1.35. The van der Waals surface area contributed by atoms with E-state index in [4.69, 9.17) is 11.6 Å². The number of amides is 1. The molecule has 0 heterocycles. The molecule has 98 valence electrons. The summed E-state index contributed by atoms with van der Waals surface area (Å²) >= 11 is 5.51. The first-order chi connectivity index (χ1) is 8.49. The van der Waals surface area contributed by atoms with Crippen LogP contribution in [0.2, 0.25) is 5.02 Å². The molecule has 4 nitrogen and oxygen atoms in total. The number of rotatable bonds is 4. The number of benzene rings is 1. The molecule has 0 aliphatic rings. The lowest BCUT2D eigenvalue weighted by Gasteiger charge is -2.14. The van der Waals surface area contributed by atoms with Gasteiger partial charge in [-0.3, -0.25) is 4.79 Å². The van der Waals surface area contributed by atoms with Crippen molar-refractivity contribution in [1.82, 2.24) is 5.32 Å². The van der Waals surface area contributed by atoms with E-state index in [9.17, 15) is 14.0 Å². The van der Waals surface area contributed by atoms with Crippen LogP contribution in [-0.4, -0.2) is 25.0 Å². The average Bonchev–Trinajstić information content (AvgIpc) is 2.37. The Morgan fingerprint density at radius 3 is 2.67 bits per heavy atom. The minimum Gasteiger partial charge on any atom is -0.467 e. The Hall–Kier alpha value is -1.62. The maximum atomic E-state index is 13.2. The second kappa shape index (κ2) is 6.35. The van der Waals surface area contributed by atoms with E-state index in [2.05, 4.69) is 10.1 Å². The molecule has 0 aliphatic carbocycles. The zero-order valence-corrected chi connectivity index (χ0v) is 10.8. The van der Waals surface area contributed by atoms with Crippen LogP contribution in [0.3, 0.4) is 0 Å². The summed E-state index contributed by atoms with van der Waals surface area (Å²) in [5.41, 5.74) is 0.0965. The molecule has 0 aromatic heterocycles. The van der Waals surface area contributed by atoms with Crippen LogP contribution in [0.1, 0.15) is 23.7 Å². The van der Waals surface area contributed by atoms with E-state index in [1.807, 2.05) is 0 Å². The molecule has 0 aliphatic heterocycles. The standard InChI is InChI=1S/C12H13ClFNO3/c1-3-10(12(17)18-2)15-11(16)7-4-5-8(13)9(14)6-7/h4-6,10H,3H2,1-2H3,(H,15,16). The van der Waals surface area contributed by atoms with Gasteiger partial charge in [0.25, 0.3) is 5.91 Å². The quantitative estimate of drug-likeness (QED) is 0.856. The van der Waals surface area contributed by atoms with Crippen molar-refractivity contribution in [3.8, 4) is 0 Å². The topological polar surface area (TPSA) is 55.4 Å². The molecular formula is C12H13ClFNO3. The van der Waals surface area contributed by atoms with Crippen molar-refractivity contribution in [3.63, 3.8) is 0 Å². The van der Waals surface area contributed by atoms with E-state index in [1.54, 1.807) is 6.92 Å². The van der Waals surface area contributed by atoms with Crippen molar-refractivity contribution >= 4 is 23.5 Å². The molecule has 1 rings (SSSR count). The molecule has 0 bridgehead atoms. The van der Waals surface area contributed by atoms with E-state index < -0.39 is 23.7 Å². The predicted molar refractivity (Wildman–Crippen MR) is 65.0 cm³/mol. The van der Waals surface area contributed by atoms with Crippen LogP contribution in [0.15, 0.2) is 18.2 Å². The zero-order chi connectivity index (χ0) is 13.7. The summed E-state index contributed by atoms with van der Waals surface area (Å²) in [6, 6.07) is 2.93. The Balaban J connectivity index is 2.81. The number of ether oxygens (including phenoxy) is 1. The molecule has 0 spiro atoms. The molecule has 1 unspecified atom stereocenters. The molecule has 1 aromatic rings. The van der Waals surface area contributed by atoms with Crippen LogP contribution < -0.4 is 5.32 Å². The summed E-state index contributed by atoms with van der Waals surface area (Å²) in [6.07, 6.45) is 0.383. The minimum absolute atomic E-state index is 0.0634. The van der Waals surface area contributed by atoms with Gasteiger partial charge in [0.05, 0.1) is 12.1 Å². The SMILES string of the molecule is CCC(NC(=O)c1ccc(Cl)c(F)c1)C(=O)OC. The van der Waals surface area contributed by atoms with E-state index >= 15 is 0 Å². The van der Waals surface area contributed by atoms with E-state index in [1.165, 1.54) is 19.2 Å². The Labute approximate surface area is 109 Å². The van der Waals surface area contributed by atoms with Crippen molar-refractivity contribution in [2.45, 2.75) is 19.4 Å². The number of hydrogen-bond acceptors (Lipinski definition) is 3. The van der Waals surface area contributed by atoms with Crippen molar-refractivity contribution in [2.24, 2.45) is 0 Å². The first-order valence-electron chi connectivity index (χ1n) is 5.33. The number of hydrogen-bond donors (Lipinski definition) is 1. The van der Waals surface area contributed by atoms with Gasteiger partial charge in [-0.15, -0.1) is 0 Å². The lowest BCUT2D eigenvalue weighted by atomic mass is 10.1. The zero-order valence-electron chi connectivity index (χ0n) is 10.00. The van der Waals surface area contributed by atoms with Crippen molar-refractivity contribution in [2.75, 3.05) is 7.11 Å². The average molecular weight is 274 g/mol. The normalized spacial score (nSPS) is 11.8. The van der Waals surface area contributed by atoms with Crippen molar-refractivity contribution < 1.29 is 18.7 Å². The third-order valence-corrected chi connectivity index (χ3v) is 2.69. The van der Waals surface area contributed by atoms with Gasteiger partial charge in [0, 0.05) is 5.56 Å². The fourth-order valence-corrected chi connectivity index (χ4v) is 1.47. The maximum absolute atomic E-state index is 13.2. The van der Waals surface area contributed by atoms with E-state index in [-0.39, 0.29) is 10.6 Å². The summed E-state index contributed by atoms with van der Waals surface area (Å²) in [5, 5.41) is 2.39. The van der Waals surface area contributed by atoms with E-state index in [0.717, 1.165) is 6.07 Å². The lowest BCUT2D eigenvalue weighted by molar-refractivity contribution is -0.142. The second-order valence-corrected chi connectivity index (χ2v) is 3.99. The Morgan fingerprint density at radius 2 is 2.17 bits per heavy atom. The van der Waals surface area contributed by atoms with Gasteiger partial charge in [0.2, 0.25) is 0 Å². The molecule has 0 saturated heterocycles. The Kier molecular flexibility index (Phi) is 5.09. The number of halogens is 2. The van der Waals surface area contributed by atoms with Gasteiger partial charge in [-0.1, -0.05) is 18.5 Å². The smallest absolute Gasteiger partial charge is 0.328 e. The summed E-state index contributed by atoms with van der Waals surface area (Å²) in [5.74, 6) is -1.78. The fraction of sp³-hybridized carbons (Fsp3) is 0.333. The highest BCUT2D eigenvalue weighted by Crippen LogP contribution is 2.15. The van der Waals surface area contributed by atoms with Crippen LogP contribution in [0.5, 0.6) is 0 Å². The molecule has 1 aromatic carbocycles. The first-order valence-corrected chi connectivity index (χ1v) is 5.71. The highest BCUT2D eigenvalue weighted by molar-refractivity contribution is 6.30. The minimum atomic E-state index is -0.749. The number of carbonyl (C=O) groups is 2. The van der Waals surface area contributed by atoms with E-state index in [0.29, 0.717) is 6.42 Å². The highest BCUT2D eigenvalue weighted by Gasteiger charge is 2.20. The summed E-state index contributed by atoms with van der Waals surface area (Å²) in [6.45, 7) is 1.73. The largest absolute Gasteiger partial charge is 0.467 e. The van der Waals surface area contributed by atoms with Crippen molar-refractivity contribution in [3.05, 3.63) is 34.6 Å². The molecule has 18 heavy (non-hydrogen) atoms. The monoisotopic (exact) mass is 273 g/mol. The van der Waals surface area contributed by atoms with Crippen LogP contribution in [0.25, 0.3) is 0 Å². The molecule has 1 atom stereocenters. The predicted octanol–water partition coefficient (Wildman–Crippen LogP) is 2.16. The first kappa shape index (κ1) is 14.4. The summed E-state index contributed by atoms with van der Waals surface area (Å²) < 4.78 is 17.7. The van der Waals surface area contributed by atoms with Crippen LogP contribution in [0, 0.1) is 5.82 Å². The molecule has 6 heteroatoms. The van der Waals surface area contributed by atoms with Gasteiger partial charge in [-0.2, -0.15) is 0 Å². The number of nitrogens with one attached hydrogen (secondary N) is 1. The van der Waals surface area contributed by atoms with Crippen molar-refractivity contribution in [1.29, 1.82) is 0 Å². The van der Waals surface area contributed by atoms with Gasteiger partial charge >= 0.3 is 5.97 Å². The third kappa shape index (κ3) is 3.43. The summed E-state index contributed by atoms with van der Waals surface area (Å²) in [7, 11) is 1.24. The highest BCUT2D eigenvalue weighted by atomic mass is 35.5. The van der Waals surface area contributed by atoms with Gasteiger partial charge in [-0.25, -0.2) is 9.18 Å². The molecule has 1 N–H and O–H groups in total. The summed E-state index contributed by atoms with van der Waals surface area (Å²) in [4.78, 5) is 23.1.